The maximum absolute atomic E-state index is 12.7. The Kier molecular flexibility index (Phi) is 6.43. The van der Waals surface area contributed by atoms with Crippen LogP contribution in [0.1, 0.15) is 29.9 Å². The summed E-state index contributed by atoms with van der Waals surface area (Å²) in [6.45, 7) is 2.66. The van der Waals surface area contributed by atoms with E-state index in [-0.39, 0.29) is 11.8 Å². The van der Waals surface area contributed by atoms with E-state index >= 15 is 0 Å². The van der Waals surface area contributed by atoms with Crippen LogP contribution in [-0.2, 0) is 24.1 Å². The molecule has 9 heteroatoms. The van der Waals surface area contributed by atoms with Crippen molar-refractivity contribution in [3.05, 3.63) is 65.1 Å². The summed E-state index contributed by atoms with van der Waals surface area (Å²) in [5.74, 6) is 0.775. The molecular formula is C22H22F3N3O2S. The maximum Gasteiger partial charge on any atom is 0.416 e. The number of aromatic nitrogens is 1. The summed E-state index contributed by atoms with van der Waals surface area (Å²) in [4.78, 5) is 19.2. The highest BCUT2D eigenvalue weighted by Crippen LogP contribution is 2.32. The third-order valence-corrected chi connectivity index (χ3v) is 6.31. The fourth-order valence-corrected chi connectivity index (χ4v) is 4.45. The first kappa shape index (κ1) is 21.6. The van der Waals surface area contributed by atoms with E-state index < -0.39 is 11.7 Å². The summed E-state index contributed by atoms with van der Waals surface area (Å²) >= 11 is 1.42. The van der Waals surface area contributed by atoms with Gasteiger partial charge in [0.1, 0.15) is 10.8 Å². The van der Waals surface area contributed by atoms with E-state index in [1.54, 1.807) is 12.3 Å². The van der Waals surface area contributed by atoms with Gasteiger partial charge in [0.05, 0.1) is 24.1 Å². The fraction of sp³-hybridized carbons (Fsp3) is 0.364. The number of hydrogen-bond acceptors (Lipinski definition) is 5. The van der Waals surface area contributed by atoms with E-state index in [2.05, 4.69) is 15.2 Å². The lowest BCUT2D eigenvalue weighted by atomic mass is 9.96. The first-order chi connectivity index (χ1) is 14.9. The molecule has 0 unspecified atom stereocenters. The third-order valence-electron chi connectivity index (χ3n) is 5.37. The molecule has 0 atom stereocenters. The van der Waals surface area contributed by atoms with Crippen molar-refractivity contribution in [1.82, 2.24) is 15.2 Å². The lowest BCUT2D eigenvalue weighted by molar-refractivity contribution is -0.137. The number of hydrogen-bond donors (Lipinski definition) is 1. The molecule has 3 heterocycles. The summed E-state index contributed by atoms with van der Waals surface area (Å²) in [5, 5.41) is 5.57. The molecule has 1 saturated heterocycles. The van der Waals surface area contributed by atoms with E-state index in [9.17, 15) is 18.0 Å². The molecule has 1 aliphatic rings. The minimum atomic E-state index is -4.34. The predicted molar refractivity (Wildman–Crippen MR) is 111 cm³/mol. The van der Waals surface area contributed by atoms with Crippen LogP contribution in [0.15, 0.2) is 52.5 Å². The molecule has 1 fully saturated rings. The summed E-state index contributed by atoms with van der Waals surface area (Å²) in [7, 11) is 0. The van der Waals surface area contributed by atoms with Crippen molar-refractivity contribution in [1.29, 1.82) is 0 Å². The molecule has 164 valence electrons. The number of piperidine rings is 1. The zero-order chi connectivity index (χ0) is 21.8. The SMILES string of the molecule is O=C(NCc1ccco1)C1CCN(Cc2csc(-c3ccc(C(F)(F)F)cc3)n2)CC1. The number of nitrogens with zero attached hydrogens (tertiary/aromatic N) is 2. The first-order valence-electron chi connectivity index (χ1n) is 10.0. The van der Waals surface area contributed by atoms with Gasteiger partial charge < -0.3 is 9.73 Å². The van der Waals surface area contributed by atoms with Gasteiger partial charge >= 0.3 is 6.18 Å². The van der Waals surface area contributed by atoms with Gasteiger partial charge in [0.15, 0.2) is 0 Å². The van der Waals surface area contributed by atoms with Crippen LogP contribution in [0, 0.1) is 5.92 Å². The van der Waals surface area contributed by atoms with Crippen molar-refractivity contribution in [2.75, 3.05) is 13.1 Å². The number of amides is 1. The van der Waals surface area contributed by atoms with Crippen LogP contribution in [0.5, 0.6) is 0 Å². The smallest absolute Gasteiger partial charge is 0.416 e. The largest absolute Gasteiger partial charge is 0.467 e. The number of halogens is 3. The molecule has 31 heavy (non-hydrogen) atoms. The molecule has 5 nitrogen and oxygen atoms in total. The molecular weight excluding hydrogens is 427 g/mol. The van der Waals surface area contributed by atoms with Crippen LogP contribution >= 0.6 is 11.3 Å². The van der Waals surface area contributed by atoms with Crippen LogP contribution in [0.3, 0.4) is 0 Å². The van der Waals surface area contributed by atoms with E-state index in [1.165, 1.54) is 23.5 Å². The van der Waals surface area contributed by atoms with Crippen molar-refractivity contribution in [2.24, 2.45) is 5.92 Å². The Morgan fingerprint density at radius 3 is 2.58 bits per heavy atom. The van der Waals surface area contributed by atoms with Gasteiger partial charge in [-0.2, -0.15) is 13.2 Å². The van der Waals surface area contributed by atoms with E-state index in [4.69, 9.17) is 4.42 Å². The van der Waals surface area contributed by atoms with Gasteiger partial charge in [-0.1, -0.05) is 12.1 Å². The standard InChI is InChI=1S/C22H22F3N3O2S/c23-22(24,25)17-5-3-16(4-6-17)21-27-18(14-31-21)13-28-9-7-15(8-10-28)20(29)26-12-19-2-1-11-30-19/h1-6,11,14-15H,7-10,12-13H2,(H,26,29). The van der Waals surface area contributed by atoms with Gasteiger partial charge in [-0.15, -0.1) is 11.3 Å². The molecule has 0 spiro atoms. The number of carbonyl (C=O) groups excluding carboxylic acids is 1. The van der Waals surface area contributed by atoms with Crippen LogP contribution in [0.4, 0.5) is 13.2 Å². The van der Waals surface area contributed by atoms with Gasteiger partial charge in [-0.3, -0.25) is 9.69 Å². The lowest BCUT2D eigenvalue weighted by Gasteiger charge is -2.30. The van der Waals surface area contributed by atoms with Gasteiger partial charge in [-0.25, -0.2) is 4.98 Å². The van der Waals surface area contributed by atoms with Crippen molar-refractivity contribution in [2.45, 2.75) is 32.1 Å². The highest BCUT2D eigenvalue weighted by atomic mass is 32.1. The molecule has 1 aromatic carbocycles. The van der Waals surface area contributed by atoms with Crippen LogP contribution < -0.4 is 5.32 Å². The maximum atomic E-state index is 12.7. The number of likely N-dealkylation sites (tertiary alicyclic amines) is 1. The second kappa shape index (κ2) is 9.23. The number of furan rings is 1. The Morgan fingerprint density at radius 2 is 1.94 bits per heavy atom. The molecule has 3 aromatic rings. The lowest BCUT2D eigenvalue weighted by Crippen LogP contribution is -2.40. The average molecular weight is 449 g/mol. The van der Waals surface area contributed by atoms with Crippen molar-refractivity contribution in [3.8, 4) is 10.6 Å². The van der Waals surface area contributed by atoms with Crippen molar-refractivity contribution >= 4 is 17.2 Å². The molecule has 0 radical (unpaired) electrons. The highest BCUT2D eigenvalue weighted by Gasteiger charge is 2.30. The van der Waals surface area contributed by atoms with Crippen molar-refractivity contribution < 1.29 is 22.4 Å². The van der Waals surface area contributed by atoms with Crippen molar-refractivity contribution in [3.63, 3.8) is 0 Å². The Morgan fingerprint density at radius 1 is 1.19 bits per heavy atom. The molecule has 4 rings (SSSR count). The van der Waals surface area contributed by atoms with Crippen LogP contribution in [-0.4, -0.2) is 28.9 Å². The minimum Gasteiger partial charge on any atom is -0.467 e. The van der Waals surface area contributed by atoms with E-state index in [1.807, 2.05) is 11.4 Å². The third kappa shape index (κ3) is 5.54. The Balaban J connectivity index is 1.26. The summed E-state index contributed by atoms with van der Waals surface area (Å²) in [6, 6.07) is 8.70. The minimum absolute atomic E-state index is 0.00986. The predicted octanol–water partition coefficient (Wildman–Crippen LogP) is 4.95. The first-order valence-corrected chi connectivity index (χ1v) is 10.9. The fourth-order valence-electron chi connectivity index (χ4n) is 3.63. The summed E-state index contributed by atoms with van der Waals surface area (Å²) in [5.41, 5.74) is 0.904. The van der Waals surface area contributed by atoms with Crippen LogP contribution in [0.2, 0.25) is 0 Å². The van der Waals surface area contributed by atoms with Gasteiger partial charge in [-0.05, 0) is 50.2 Å². The zero-order valence-corrected chi connectivity index (χ0v) is 17.5. The molecule has 1 amide bonds. The van der Waals surface area contributed by atoms with E-state index in [0.717, 1.165) is 49.5 Å². The second-order valence-electron chi connectivity index (χ2n) is 7.57. The Hall–Kier alpha value is -2.65. The molecule has 0 aliphatic carbocycles. The number of thiazole rings is 1. The quantitative estimate of drug-likeness (QED) is 0.579. The van der Waals surface area contributed by atoms with E-state index in [0.29, 0.717) is 23.7 Å². The topological polar surface area (TPSA) is 58.4 Å². The average Bonchev–Trinajstić information content (AvgIpc) is 3.44. The Bertz CT molecular complexity index is 992. The summed E-state index contributed by atoms with van der Waals surface area (Å²) in [6.07, 6.45) is -1.20. The number of nitrogens with one attached hydrogen (secondary N) is 1. The number of alkyl halides is 3. The Labute approximate surface area is 181 Å². The van der Waals surface area contributed by atoms with Gasteiger partial charge in [0.25, 0.3) is 0 Å². The number of carbonyl (C=O) groups is 1. The number of rotatable bonds is 6. The number of benzene rings is 1. The molecule has 0 saturated carbocycles. The summed E-state index contributed by atoms with van der Waals surface area (Å²) < 4.78 is 43.4. The second-order valence-corrected chi connectivity index (χ2v) is 8.42. The molecule has 1 aliphatic heterocycles. The monoisotopic (exact) mass is 449 g/mol. The van der Waals surface area contributed by atoms with Crippen LogP contribution in [0.25, 0.3) is 10.6 Å². The normalized spacial score (nSPS) is 15.8. The molecule has 2 aromatic heterocycles. The van der Waals surface area contributed by atoms with Gasteiger partial charge in [0, 0.05) is 23.4 Å². The molecule has 1 N–H and O–H groups in total. The highest BCUT2D eigenvalue weighted by molar-refractivity contribution is 7.13. The zero-order valence-electron chi connectivity index (χ0n) is 16.7. The molecule has 0 bridgehead atoms. The van der Waals surface area contributed by atoms with Gasteiger partial charge in [0.2, 0.25) is 5.91 Å².